The molecule has 22 heavy (non-hydrogen) atoms. The highest BCUT2D eigenvalue weighted by Gasteiger charge is 2.30. The Morgan fingerprint density at radius 1 is 1.27 bits per heavy atom. The van der Waals surface area contributed by atoms with Gasteiger partial charge in [-0.05, 0) is 12.1 Å². The van der Waals surface area contributed by atoms with Gasteiger partial charge in [-0.25, -0.2) is 0 Å². The largest absolute Gasteiger partial charge is 0.491 e. The Hall–Kier alpha value is -2.38. The van der Waals surface area contributed by atoms with Crippen molar-refractivity contribution in [3.63, 3.8) is 0 Å². The predicted molar refractivity (Wildman–Crippen MR) is 79.3 cm³/mol. The van der Waals surface area contributed by atoms with Gasteiger partial charge in [0.15, 0.2) is 0 Å². The number of methoxy groups -OCH3 is 1. The van der Waals surface area contributed by atoms with E-state index < -0.39 is 0 Å². The van der Waals surface area contributed by atoms with Crippen LogP contribution in [0.5, 0.6) is 5.75 Å². The molecule has 1 aliphatic rings. The number of anilines is 1. The fourth-order valence-corrected chi connectivity index (χ4v) is 1.98. The Labute approximate surface area is 128 Å². The number of amides is 2. The highest BCUT2D eigenvalue weighted by Crippen LogP contribution is 2.21. The molecule has 0 radical (unpaired) electrons. The van der Waals surface area contributed by atoms with Crippen molar-refractivity contribution in [1.82, 2.24) is 4.90 Å². The van der Waals surface area contributed by atoms with E-state index in [1.165, 1.54) is 13.2 Å². The Morgan fingerprint density at radius 3 is 2.82 bits per heavy atom. The summed E-state index contributed by atoms with van der Waals surface area (Å²) in [7, 11) is 1.51. The van der Waals surface area contributed by atoms with E-state index in [0.717, 1.165) is 4.90 Å². The number of carbonyl (C=O) groups is 2. The third-order valence-corrected chi connectivity index (χ3v) is 3.00. The quantitative estimate of drug-likeness (QED) is 0.675. The summed E-state index contributed by atoms with van der Waals surface area (Å²) in [5, 5.41) is 11.7. The summed E-state index contributed by atoms with van der Waals surface area (Å²) >= 11 is 0. The molecule has 0 spiro atoms. The molecule has 0 saturated carbocycles. The summed E-state index contributed by atoms with van der Waals surface area (Å²) in [5.74, 6) is -0.186. The molecule has 0 bridgehead atoms. The second-order valence-electron chi connectivity index (χ2n) is 4.57. The van der Waals surface area contributed by atoms with Crippen molar-refractivity contribution >= 4 is 17.5 Å². The zero-order valence-corrected chi connectivity index (χ0v) is 12.2. The first-order valence-corrected chi connectivity index (χ1v) is 6.83. The number of benzene rings is 1. The van der Waals surface area contributed by atoms with Gasteiger partial charge in [-0.2, -0.15) is 0 Å². The molecule has 0 saturated heterocycles. The molecule has 2 N–H and O–H groups in total. The molecule has 0 unspecified atom stereocenters. The molecular formula is C15H18N2O5. The van der Waals surface area contributed by atoms with Crippen molar-refractivity contribution < 1.29 is 24.2 Å². The lowest BCUT2D eigenvalue weighted by Gasteiger charge is -2.14. The minimum atomic E-state index is -0.385. The number of ether oxygens (including phenoxy) is 2. The van der Waals surface area contributed by atoms with Gasteiger partial charge in [0.1, 0.15) is 18.1 Å². The van der Waals surface area contributed by atoms with E-state index in [9.17, 15) is 9.59 Å². The standard InChI is InChI=1S/C15H18N2O5/c1-21-7-5-17-14(19)10-13(15(17)20)16-11-3-2-4-12(9-11)22-8-6-18/h2-4,9-10,16,18H,5-8H2,1H3. The molecule has 2 amide bonds. The first-order valence-electron chi connectivity index (χ1n) is 6.83. The lowest BCUT2D eigenvalue weighted by Crippen LogP contribution is -2.34. The lowest BCUT2D eigenvalue weighted by molar-refractivity contribution is -0.137. The minimum absolute atomic E-state index is 0.0791. The van der Waals surface area contributed by atoms with Crippen molar-refractivity contribution in [3.8, 4) is 5.75 Å². The maximum absolute atomic E-state index is 12.1. The highest BCUT2D eigenvalue weighted by atomic mass is 16.5. The van der Waals surface area contributed by atoms with Crippen LogP contribution in [0.15, 0.2) is 36.0 Å². The normalized spacial score (nSPS) is 14.3. The third kappa shape index (κ3) is 3.84. The number of nitrogens with zero attached hydrogens (tertiary/aromatic N) is 1. The van der Waals surface area contributed by atoms with Crippen molar-refractivity contribution in [2.45, 2.75) is 0 Å². The first-order chi connectivity index (χ1) is 10.7. The summed E-state index contributed by atoms with van der Waals surface area (Å²) < 4.78 is 10.2. The number of nitrogens with one attached hydrogen (secondary N) is 1. The van der Waals surface area contributed by atoms with Gasteiger partial charge in [0.2, 0.25) is 0 Å². The van der Waals surface area contributed by atoms with Crippen LogP contribution < -0.4 is 10.1 Å². The Morgan fingerprint density at radius 2 is 2.09 bits per heavy atom. The average Bonchev–Trinajstić information content (AvgIpc) is 2.78. The summed E-state index contributed by atoms with van der Waals surface area (Å²) in [6, 6.07) is 6.93. The van der Waals surface area contributed by atoms with E-state index in [1.807, 2.05) is 0 Å². The molecule has 0 aliphatic carbocycles. The monoisotopic (exact) mass is 306 g/mol. The summed E-state index contributed by atoms with van der Waals surface area (Å²) in [6.45, 7) is 0.622. The molecule has 0 fully saturated rings. The molecule has 0 atom stereocenters. The van der Waals surface area contributed by atoms with Crippen LogP contribution >= 0.6 is 0 Å². The molecule has 1 aromatic carbocycles. The summed E-state index contributed by atoms with van der Waals surface area (Å²) in [6.07, 6.45) is 1.26. The molecule has 1 aliphatic heterocycles. The van der Waals surface area contributed by atoms with E-state index in [2.05, 4.69) is 5.32 Å². The van der Waals surface area contributed by atoms with Gasteiger partial charge < -0.3 is 19.9 Å². The van der Waals surface area contributed by atoms with Gasteiger partial charge in [-0.3, -0.25) is 14.5 Å². The second kappa shape index (κ2) is 7.58. The fourth-order valence-electron chi connectivity index (χ4n) is 1.98. The van der Waals surface area contributed by atoms with Crippen LogP contribution in [-0.2, 0) is 14.3 Å². The maximum atomic E-state index is 12.1. The number of hydrogen-bond acceptors (Lipinski definition) is 6. The van der Waals surface area contributed by atoms with Crippen molar-refractivity contribution in [2.24, 2.45) is 0 Å². The number of carbonyl (C=O) groups excluding carboxylic acids is 2. The Balaban J connectivity index is 2.03. The molecular weight excluding hydrogens is 288 g/mol. The predicted octanol–water partition coefficient (Wildman–Crippen LogP) is 0.369. The second-order valence-corrected chi connectivity index (χ2v) is 4.57. The van der Waals surface area contributed by atoms with Gasteiger partial charge in [0, 0.05) is 24.9 Å². The zero-order valence-electron chi connectivity index (χ0n) is 12.2. The van der Waals surface area contributed by atoms with E-state index >= 15 is 0 Å². The topological polar surface area (TPSA) is 88.1 Å². The third-order valence-electron chi connectivity index (χ3n) is 3.00. The van der Waals surface area contributed by atoms with Gasteiger partial charge >= 0.3 is 0 Å². The van der Waals surface area contributed by atoms with Gasteiger partial charge in [-0.1, -0.05) is 6.07 Å². The summed E-state index contributed by atoms with van der Waals surface area (Å²) in [5.41, 5.74) is 0.830. The fraction of sp³-hybridized carbons (Fsp3) is 0.333. The first kappa shape index (κ1) is 16.0. The molecule has 1 aromatic rings. The van der Waals surface area contributed by atoms with Crippen molar-refractivity contribution in [2.75, 3.05) is 38.8 Å². The number of hydrogen-bond donors (Lipinski definition) is 2. The van der Waals surface area contributed by atoms with Crippen LogP contribution in [0.4, 0.5) is 5.69 Å². The minimum Gasteiger partial charge on any atom is -0.491 e. The highest BCUT2D eigenvalue weighted by molar-refractivity contribution is 6.17. The maximum Gasteiger partial charge on any atom is 0.277 e. The average molecular weight is 306 g/mol. The number of aliphatic hydroxyl groups excluding tert-OH is 1. The lowest BCUT2D eigenvalue weighted by atomic mass is 10.3. The van der Waals surface area contributed by atoms with Gasteiger partial charge in [-0.15, -0.1) is 0 Å². The van der Waals surface area contributed by atoms with E-state index in [4.69, 9.17) is 14.6 Å². The molecule has 118 valence electrons. The molecule has 7 heteroatoms. The Kier molecular flexibility index (Phi) is 5.51. The van der Waals surface area contributed by atoms with Crippen molar-refractivity contribution in [1.29, 1.82) is 0 Å². The van der Waals surface area contributed by atoms with E-state index in [-0.39, 0.29) is 37.3 Å². The van der Waals surface area contributed by atoms with Crippen LogP contribution in [0, 0.1) is 0 Å². The van der Waals surface area contributed by atoms with Crippen LogP contribution in [0.1, 0.15) is 0 Å². The van der Waals surface area contributed by atoms with Crippen LogP contribution in [0.2, 0.25) is 0 Å². The molecule has 1 heterocycles. The van der Waals surface area contributed by atoms with Gasteiger partial charge in [0.05, 0.1) is 19.8 Å². The van der Waals surface area contributed by atoms with Crippen LogP contribution in [-0.4, -0.2) is 55.3 Å². The molecule has 2 rings (SSSR count). The SMILES string of the molecule is COCCN1C(=O)C=C(Nc2cccc(OCCO)c2)C1=O. The van der Waals surface area contributed by atoms with Gasteiger partial charge in [0.25, 0.3) is 11.8 Å². The van der Waals surface area contributed by atoms with Crippen molar-refractivity contribution in [3.05, 3.63) is 36.0 Å². The number of rotatable bonds is 8. The van der Waals surface area contributed by atoms with E-state index in [0.29, 0.717) is 18.0 Å². The molecule has 7 nitrogen and oxygen atoms in total. The van der Waals surface area contributed by atoms with Crippen LogP contribution in [0.25, 0.3) is 0 Å². The number of aliphatic hydroxyl groups is 1. The van der Waals surface area contributed by atoms with Crippen LogP contribution in [0.3, 0.4) is 0 Å². The smallest absolute Gasteiger partial charge is 0.277 e. The number of imide groups is 1. The Bertz CT molecular complexity index is 585. The molecule has 0 aromatic heterocycles. The zero-order chi connectivity index (χ0) is 15.9. The van der Waals surface area contributed by atoms with E-state index in [1.54, 1.807) is 24.3 Å². The summed E-state index contributed by atoms with van der Waals surface area (Å²) in [4.78, 5) is 25.0.